The van der Waals surface area contributed by atoms with Crippen LogP contribution in [-0.2, 0) is 4.79 Å². The van der Waals surface area contributed by atoms with E-state index >= 15 is 0 Å². The second-order valence-corrected chi connectivity index (χ2v) is 5.07. The van der Waals surface area contributed by atoms with Gasteiger partial charge in [0.2, 0.25) is 17.8 Å². The van der Waals surface area contributed by atoms with Crippen molar-refractivity contribution in [3.8, 4) is 6.01 Å². The fourth-order valence-electron chi connectivity index (χ4n) is 2.11. The van der Waals surface area contributed by atoms with Crippen molar-refractivity contribution in [2.24, 2.45) is 0 Å². The average molecular weight is 280 g/mol. The van der Waals surface area contributed by atoms with Gasteiger partial charge in [0, 0.05) is 26.1 Å². The Labute approximate surface area is 117 Å². The molecule has 8 nitrogen and oxygen atoms in total. The number of nitrogens with two attached hydrogens (primary N) is 1. The molecule has 0 radical (unpaired) electrons. The zero-order valence-corrected chi connectivity index (χ0v) is 12.0. The Hall–Kier alpha value is -2.12. The third-order valence-corrected chi connectivity index (χ3v) is 2.84. The van der Waals surface area contributed by atoms with Crippen LogP contribution in [0.1, 0.15) is 27.2 Å². The summed E-state index contributed by atoms with van der Waals surface area (Å²) in [5.41, 5.74) is 5.68. The lowest BCUT2D eigenvalue weighted by molar-refractivity contribution is -0.119. The molecule has 0 aromatic carbocycles. The first-order valence-corrected chi connectivity index (χ1v) is 6.64. The van der Waals surface area contributed by atoms with Gasteiger partial charge >= 0.3 is 6.01 Å². The Bertz CT molecular complexity index is 493. The Morgan fingerprint density at radius 2 is 2.20 bits per heavy atom. The van der Waals surface area contributed by atoms with Gasteiger partial charge in [-0.15, -0.1) is 0 Å². The van der Waals surface area contributed by atoms with Crippen molar-refractivity contribution in [2.75, 3.05) is 23.7 Å². The molecule has 110 valence electrons. The molecule has 0 aliphatic carbocycles. The lowest BCUT2D eigenvalue weighted by Gasteiger charge is -2.17. The van der Waals surface area contributed by atoms with Gasteiger partial charge in [-0.2, -0.15) is 15.0 Å². The lowest BCUT2D eigenvalue weighted by Crippen LogP contribution is -2.36. The van der Waals surface area contributed by atoms with Gasteiger partial charge in [-0.05, 0) is 20.3 Å². The van der Waals surface area contributed by atoms with E-state index in [9.17, 15) is 4.79 Å². The number of anilines is 2. The summed E-state index contributed by atoms with van der Waals surface area (Å²) in [5.74, 6) is 0.588. The van der Waals surface area contributed by atoms with Crippen molar-refractivity contribution >= 4 is 17.8 Å². The molecule has 3 N–H and O–H groups in total. The maximum absolute atomic E-state index is 11.1. The van der Waals surface area contributed by atoms with Gasteiger partial charge in [0.05, 0.1) is 6.10 Å². The Balaban J connectivity index is 2.09. The monoisotopic (exact) mass is 280 g/mol. The number of hydrogen-bond donors (Lipinski definition) is 2. The molecule has 0 spiro atoms. The van der Waals surface area contributed by atoms with Crippen molar-refractivity contribution in [2.45, 2.75) is 39.3 Å². The fraction of sp³-hybridized carbons (Fsp3) is 0.667. The van der Waals surface area contributed by atoms with Crippen LogP contribution in [-0.4, -0.2) is 46.1 Å². The average Bonchev–Trinajstić information content (AvgIpc) is 2.74. The van der Waals surface area contributed by atoms with Crippen molar-refractivity contribution in [3.05, 3.63) is 0 Å². The Kier molecular flexibility index (Phi) is 4.21. The second-order valence-electron chi connectivity index (χ2n) is 5.07. The summed E-state index contributed by atoms with van der Waals surface area (Å²) < 4.78 is 5.45. The summed E-state index contributed by atoms with van der Waals surface area (Å²) in [6, 6.07) is 0.338. The molecule has 0 saturated carbocycles. The molecular weight excluding hydrogens is 260 g/mol. The van der Waals surface area contributed by atoms with Crippen molar-refractivity contribution in [1.29, 1.82) is 0 Å². The summed E-state index contributed by atoms with van der Waals surface area (Å²) >= 11 is 0. The second kappa shape index (κ2) is 5.89. The molecule has 1 unspecified atom stereocenters. The third-order valence-electron chi connectivity index (χ3n) is 2.84. The molecule has 1 aromatic heterocycles. The summed E-state index contributed by atoms with van der Waals surface area (Å²) in [6.45, 7) is 6.71. The minimum absolute atomic E-state index is 0.0316. The first-order chi connectivity index (χ1) is 9.44. The molecule has 1 fully saturated rings. The molecule has 2 rings (SSSR count). The smallest absolute Gasteiger partial charge is 0.323 e. The number of ether oxygens (including phenoxy) is 1. The molecule has 1 atom stereocenters. The predicted molar refractivity (Wildman–Crippen MR) is 74.4 cm³/mol. The Morgan fingerprint density at radius 3 is 2.85 bits per heavy atom. The third kappa shape index (κ3) is 3.69. The number of rotatable bonds is 4. The maximum atomic E-state index is 11.1. The zero-order valence-electron chi connectivity index (χ0n) is 12.0. The van der Waals surface area contributed by atoms with Crippen LogP contribution in [0, 0.1) is 0 Å². The van der Waals surface area contributed by atoms with Crippen LogP contribution in [0.4, 0.5) is 11.9 Å². The highest BCUT2D eigenvalue weighted by molar-refractivity contribution is 5.73. The van der Waals surface area contributed by atoms with Gasteiger partial charge in [0.1, 0.15) is 0 Å². The van der Waals surface area contributed by atoms with E-state index in [0.29, 0.717) is 12.5 Å². The standard InChI is InChI=1S/C12H20N6O2/c1-7(2)20-12-16-10(13)15-11(17-12)18-5-4-9(6-18)14-8(3)19/h7,9H,4-6H2,1-3H3,(H,14,19)(H2,13,15,16,17). The number of aromatic nitrogens is 3. The minimum atomic E-state index is -0.0321. The Morgan fingerprint density at radius 1 is 1.45 bits per heavy atom. The van der Waals surface area contributed by atoms with Crippen molar-refractivity contribution in [3.63, 3.8) is 0 Å². The first kappa shape index (κ1) is 14.3. The molecule has 8 heteroatoms. The van der Waals surface area contributed by atoms with E-state index in [0.717, 1.165) is 13.0 Å². The van der Waals surface area contributed by atoms with Gasteiger partial charge in [-0.1, -0.05) is 0 Å². The zero-order chi connectivity index (χ0) is 14.7. The van der Waals surface area contributed by atoms with Gasteiger partial charge in [0.15, 0.2) is 0 Å². The normalized spacial score (nSPS) is 18.4. The van der Waals surface area contributed by atoms with E-state index in [1.165, 1.54) is 6.92 Å². The summed E-state index contributed by atoms with van der Waals surface area (Å²) in [5, 5.41) is 2.89. The van der Waals surface area contributed by atoms with Gasteiger partial charge in [0.25, 0.3) is 0 Å². The van der Waals surface area contributed by atoms with E-state index in [2.05, 4.69) is 20.3 Å². The predicted octanol–water partition coefficient (Wildman–Crippen LogP) is -0.0442. The van der Waals surface area contributed by atoms with Crippen LogP contribution in [0.5, 0.6) is 6.01 Å². The quantitative estimate of drug-likeness (QED) is 0.796. The van der Waals surface area contributed by atoms with E-state index in [1.807, 2.05) is 18.7 Å². The molecule has 1 aliphatic rings. The highest BCUT2D eigenvalue weighted by atomic mass is 16.5. The van der Waals surface area contributed by atoms with Crippen LogP contribution in [0.2, 0.25) is 0 Å². The summed E-state index contributed by atoms with van der Waals surface area (Å²) in [6.07, 6.45) is 0.821. The fourth-order valence-corrected chi connectivity index (χ4v) is 2.11. The molecule has 20 heavy (non-hydrogen) atoms. The molecule has 0 bridgehead atoms. The van der Waals surface area contributed by atoms with Crippen molar-refractivity contribution < 1.29 is 9.53 Å². The number of nitrogens with one attached hydrogen (secondary N) is 1. The van der Waals surface area contributed by atoms with E-state index in [1.54, 1.807) is 0 Å². The van der Waals surface area contributed by atoms with Crippen LogP contribution in [0.25, 0.3) is 0 Å². The van der Waals surface area contributed by atoms with Crippen molar-refractivity contribution in [1.82, 2.24) is 20.3 Å². The van der Waals surface area contributed by atoms with Crippen LogP contribution >= 0.6 is 0 Å². The maximum Gasteiger partial charge on any atom is 0.323 e. The van der Waals surface area contributed by atoms with Gasteiger partial charge < -0.3 is 20.7 Å². The highest BCUT2D eigenvalue weighted by Crippen LogP contribution is 2.19. The lowest BCUT2D eigenvalue weighted by atomic mass is 10.3. The number of nitrogen functional groups attached to an aromatic ring is 1. The van der Waals surface area contributed by atoms with Crippen LogP contribution < -0.4 is 20.7 Å². The molecule has 1 aliphatic heterocycles. The summed E-state index contributed by atoms with van der Waals surface area (Å²) in [7, 11) is 0. The molecule has 1 aromatic rings. The van der Waals surface area contributed by atoms with Crippen LogP contribution in [0.15, 0.2) is 0 Å². The molecule has 1 amide bonds. The largest absolute Gasteiger partial charge is 0.461 e. The number of amides is 1. The van der Waals surface area contributed by atoms with E-state index in [4.69, 9.17) is 10.5 Å². The minimum Gasteiger partial charge on any atom is -0.461 e. The highest BCUT2D eigenvalue weighted by Gasteiger charge is 2.25. The summed E-state index contributed by atoms with van der Waals surface area (Å²) in [4.78, 5) is 25.4. The van der Waals surface area contributed by atoms with Gasteiger partial charge in [-0.3, -0.25) is 4.79 Å². The van der Waals surface area contributed by atoms with E-state index < -0.39 is 0 Å². The SMILES string of the molecule is CC(=O)NC1CCN(c2nc(N)nc(OC(C)C)n2)C1. The topological polar surface area (TPSA) is 106 Å². The van der Waals surface area contributed by atoms with E-state index in [-0.39, 0.29) is 30.0 Å². The number of carbonyl (C=O) groups excluding carboxylic acids is 1. The number of carbonyl (C=O) groups is 1. The first-order valence-electron chi connectivity index (χ1n) is 6.64. The van der Waals surface area contributed by atoms with Gasteiger partial charge in [-0.25, -0.2) is 0 Å². The molecular formula is C12H20N6O2. The molecule has 2 heterocycles. The molecule has 1 saturated heterocycles. The van der Waals surface area contributed by atoms with Crippen LogP contribution in [0.3, 0.4) is 0 Å². The number of hydrogen-bond acceptors (Lipinski definition) is 7. The number of nitrogens with zero attached hydrogens (tertiary/aromatic N) is 4.